The van der Waals surface area contributed by atoms with Crippen LogP contribution < -0.4 is 19.5 Å². The van der Waals surface area contributed by atoms with Gasteiger partial charge in [0, 0.05) is 79.3 Å². The molecule has 1 aliphatic heterocycles. The van der Waals surface area contributed by atoms with E-state index in [9.17, 15) is 20.6 Å². The third kappa shape index (κ3) is 9.95. The number of aliphatic hydroxyl groups excluding tert-OH is 3. The van der Waals surface area contributed by atoms with Crippen molar-refractivity contribution in [1.29, 1.82) is 5.26 Å². The number of halogens is 1. The summed E-state index contributed by atoms with van der Waals surface area (Å²) in [5.41, 5.74) is 5.85. The third-order valence-electron chi connectivity index (χ3n) is 9.24. The number of nitriles is 1. The van der Waals surface area contributed by atoms with Gasteiger partial charge in [-0.15, -0.1) is 0 Å². The van der Waals surface area contributed by atoms with Crippen LogP contribution in [-0.2, 0) is 19.8 Å². The van der Waals surface area contributed by atoms with Crippen molar-refractivity contribution in [1.82, 2.24) is 20.2 Å². The number of likely N-dealkylation sites (tertiary alicyclic amines) is 1. The van der Waals surface area contributed by atoms with Gasteiger partial charge in [-0.3, -0.25) is 9.97 Å². The fourth-order valence-electron chi connectivity index (χ4n) is 5.91. The molecule has 2 aromatic carbocycles. The molecule has 1 saturated heterocycles. The van der Waals surface area contributed by atoms with E-state index in [-0.39, 0.29) is 39.1 Å². The molecular weight excluding hydrogens is 670 g/mol. The highest BCUT2D eigenvalue weighted by Gasteiger charge is 2.23. The van der Waals surface area contributed by atoms with E-state index in [1.165, 1.54) is 6.20 Å². The van der Waals surface area contributed by atoms with E-state index >= 15 is 0 Å². The maximum Gasteiger partial charge on any atom is 0.142 e. The molecule has 51 heavy (non-hydrogen) atoms. The fraction of sp³-hybridized carbons (Fsp3) is 0.410. The quantitative estimate of drug-likeness (QED) is 0.108. The maximum absolute atomic E-state index is 9.79. The number of hydrogen-bond donors (Lipinski definition) is 4. The van der Waals surface area contributed by atoms with Gasteiger partial charge in [0.25, 0.3) is 0 Å². The van der Waals surface area contributed by atoms with Crippen molar-refractivity contribution in [3.05, 3.63) is 99.6 Å². The number of hydrogen-bond acceptors (Lipinski definition) is 11. The summed E-state index contributed by atoms with van der Waals surface area (Å²) in [6, 6.07) is 13.3. The topological polar surface area (TPSA) is 153 Å². The number of nitrogens with one attached hydrogen (secondary N) is 1. The predicted octanol–water partition coefficient (Wildman–Crippen LogP) is 5.11. The number of aliphatic hydroxyl groups is 3. The lowest BCUT2D eigenvalue weighted by Gasteiger charge is -2.27. The van der Waals surface area contributed by atoms with E-state index in [1.807, 2.05) is 25.3 Å². The maximum atomic E-state index is 9.79. The Morgan fingerprint density at radius 2 is 1.73 bits per heavy atom. The summed E-state index contributed by atoms with van der Waals surface area (Å²) in [4.78, 5) is 10.9. The number of β-amino-alcohol motifs (C(OH)–C–C–N with tert-alkyl or cyclic N) is 1. The molecule has 12 heteroatoms. The Morgan fingerprint density at radius 3 is 2.47 bits per heavy atom. The van der Waals surface area contributed by atoms with Crippen molar-refractivity contribution >= 4 is 11.6 Å². The van der Waals surface area contributed by atoms with Gasteiger partial charge in [-0.1, -0.05) is 23.7 Å². The van der Waals surface area contributed by atoms with Crippen molar-refractivity contribution in [2.45, 2.75) is 65.0 Å². The molecule has 2 aromatic heterocycles. The van der Waals surface area contributed by atoms with Crippen LogP contribution in [0.3, 0.4) is 0 Å². The summed E-state index contributed by atoms with van der Waals surface area (Å²) in [7, 11) is 0. The molecule has 1 aliphatic rings. The minimum absolute atomic E-state index is 0.143. The van der Waals surface area contributed by atoms with Crippen LogP contribution in [0, 0.1) is 25.2 Å². The second-order valence-corrected chi connectivity index (χ2v) is 13.6. The minimum Gasteiger partial charge on any atom is -0.493 e. The largest absolute Gasteiger partial charge is 0.493 e. The van der Waals surface area contributed by atoms with E-state index in [4.69, 9.17) is 25.8 Å². The summed E-state index contributed by atoms with van der Waals surface area (Å²) in [6.45, 7) is 9.02. The molecule has 0 saturated carbocycles. The minimum atomic E-state index is -0.915. The van der Waals surface area contributed by atoms with Gasteiger partial charge < -0.3 is 39.7 Å². The highest BCUT2D eigenvalue weighted by Crippen LogP contribution is 2.36. The Labute approximate surface area is 304 Å². The van der Waals surface area contributed by atoms with Gasteiger partial charge in [0.05, 0.1) is 42.0 Å². The first-order valence-electron chi connectivity index (χ1n) is 17.1. The van der Waals surface area contributed by atoms with Gasteiger partial charge in [0.2, 0.25) is 0 Å². The Balaban J connectivity index is 1.31. The summed E-state index contributed by atoms with van der Waals surface area (Å²) in [6.07, 6.45) is 8.26. The lowest BCUT2D eigenvalue weighted by molar-refractivity contribution is 0.103. The molecule has 0 spiro atoms. The van der Waals surface area contributed by atoms with Crippen molar-refractivity contribution in [3.8, 4) is 34.4 Å². The van der Waals surface area contributed by atoms with Crippen LogP contribution in [0.25, 0.3) is 11.1 Å². The predicted molar refractivity (Wildman–Crippen MR) is 195 cm³/mol. The second-order valence-electron chi connectivity index (χ2n) is 13.2. The highest BCUT2D eigenvalue weighted by molar-refractivity contribution is 6.32. The zero-order valence-corrected chi connectivity index (χ0v) is 30.1. The first-order chi connectivity index (χ1) is 24.6. The van der Waals surface area contributed by atoms with E-state index in [0.717, 1.165) is 66.0 Å². The number of pyridine rings is 2. The molecule has 0 bridgehead atoms. The van der Waals surface area contributed by atoms with E-state index in [2.05, 4.69) is 39.2 Å². The average Bonchev–Trinajstić information content (AvgIpc) is 3.57. The van der Waals surface area contributed by atoms with Gasteiger partial charge in [0.1, 0.15) is 36.5 Å². The zero-order chi connectivity index (χ0) is 36.4. The summed E-state index contributed by atoms with van der Waals surface area (Å²) in [5.74, 6) is 1.72. The molecule has 4 aromatic rings. The molecule has 5 rings (SSSR count). The smallest absolute Gasteiger partial charge is 0.142 e. The zero-order valence-electron chi connectivity index (χ0n) is 29.4. The molecule has 11 nitrogen and oxygen atoms in total. The molecule has 0 unspecified atom stereocenters. The second kappa shape index (κ2) is 17.8. The summed E-state index contributed by atoms with van der Waals surface area (Å²) < 4.78 is 18.7. The van der Waals surface area contributed by atoms with Gasteiger partial charge in [-0.25, -0.2) is 0 Å². The summed E-state index contributed by atoms with van der Waals surface area (Å²) in [5, 5.41) is 42.2. The van der Waals surface area contributed by atoms with Crippen LogP contribution in [-0.4, -0.2) is 81.3 Å². The van der Waals surface area contributed by atoms with Crippen molar-refractivity contribution in [2.24, 2.45) is 0 Å². The van der Waals surface area contributed by atoms with E-state index < -0.39 is 5.54 Å². The van der Waals surface area contributed by atoms with Gasteiger partial charge in [0.15, 0.2) is 0 Å². The van der Waals surface area contributed by atoms with Crippen LogP contribution in [0.1, 0.15) is 53.1 Å². The van der Waals surface area contributed by atoms with Crippen LogP contribution in [0.5, 0.6) is 17.2 Å². The Morgan fingerprint density at radius 1 is 0.941 bits per heavy atom. The normalized spacial score (nSPS) is 14.7. The van der Waals surface area contributed by atoms with Crippen molar-refractivity contribution in [3.63, 3.8) is 0 Å². The molecular formula is C39H46ClN5O6. The van der Waals surface area contributed by atoms with Gasteiger partial charge >= 0.3 is 0 Å². The fourth-order valence-corrected chi connectivity index (χ4v) is 6.15. The molecule has 0 aliphatic carbocycles. The van der Waals surface area contributed by atoms with Gasteiger partial charge in [-0.05, 0) is 68.5 Å². The molecule has 1 fully saturated rings. The molecule has 270 valence electrons. The molecule has 4 N–H and O–H groups in total. The molecule has 1 atom stereocenters. The standard InChI is InChI=1S/C39H46ClN5O6/c1-26-31(18-43-20-34(26)33-6-4-7-36(27(33)2)49-11-5-9-45-10-8-32(48)21-45)23-51-38-14-37(50-22-29-12-28(15-41)16-42-17-29)30(13-35(38)40)19-44-39(3,24-46)25-47/h4,6-7,12-14,16-18,20,32,44,46-48H,5,8-11,19,21-25H2,1-3H3/t32-/m1/s1. The van der Waals surface area contributed by atoms with E-state index in [1.54, 1.807) is 37.5 Å². The van der Waals surface area contributed by atoms with E-state index in [0.29, 0.717) is 39.8 Å². The SMILES string of the molecule is Cc1c(COc2cc(OCc3cncc(C#N)c3)c(CNC(C)(CO)CO)cc2Cl)cncc1-c1cccc(OCCCN2CC[C@@H](O)C2)c1C. The third-order valence-corrected chi connectivity index (χ3v) is 9.53. The van der Waals surface area contributed by atoms with Crippen molar-refractivity contribution < 1.29 is 29.5 Å². The average molecular weight is 716 g/mol. The Bertz CT molecular complexity index is 1830. The van der Waals surface area contributed by atoms with Crippen LogP contribution >= 0.6 is 11.6 Å². The first-order valence-corrected chi connectivity index (χ1v) is 17.5. The van der Waals surface area contributed by atoms with Crippen LogP contribution in [0.15, 0.2) is 61.2 Å². The number of rotatable bonds is 17. The lowest BCUT2D eigenvalue weighted by Crippen LogP contribution is -2.48. The number of aromatic nitrogens is 2. The molecule has 3 heterocycles. The molecule has 0 amide bonds. The van der Waals surface area contributed by atoms with Crippen LogP contribution in [0.4, 0.5) is 0 Å². The highest BCUT2D eigenvalue weighted by atomic mass is 35.5. The monoisotopic (exact) mass is 715 g/mol. The summed E-state index contributed by atoms with van der Waals surface area (Å²) >= 11 is 6.75. The lowest BCUT2D eigenvalue weighted by atomic mass is 9.95. The Hall–Kier alpha value is -4.28. The van der Waals surface area contributed by atoms with Gasteiger partial charge in [-0.2, -0.15) is 5.26 Å². The number of benzene rings is 2. The van der Waals surface area contributed by atoms with Crippen LogP contribution in [0.2, 0.25) is 5.02 Å². The molecule has 0 radical (unpaired) electrons. The van der Waals surface area contributed by atoms with Crippen molar-refractivity contribution in [2.75, 3.05) is 39.5 Å². The number of ether oxygens (including phenoxy) is 3. The number of nitrogens with zero attached hydrogens (tertiary/aromatic N) is 4. The first kappa shape index (κ1) is 38.0. The Kier molecular flexibility index (Phi) is 13.2.